The maximum absolute atomic E-state index is 11.2. The molecule has 1 heterocycles. The van der Waals surface area contributed by atoms with Crippen LogP contribution in [0.1, 0.15) is 12.0 Å². The molecule has 1 aromatic heterocycles. The van der Waals surface area contributed by atoms with Gasteiger partial charge in [0.2, 0.25) is 5.91 Å². The van der Waals surface area contributed by atoms with Crippen molar-refractivity contribution in [1.29, 1.82) is 0 Å². The lowest BCUT2D eigenvalue weighted by molar-refractivity contribution is -0.136. The molecule has 0 atom stereocenters. The quantitative estimate of drug-likeness (QED) is 0.717. The molecule has 0 saturated heterocycles. The molecule has 0 bridgehead atoms. The molecule has 0 aliphatic heterocycles. The van der Waals surface area contributed by atoms with Crippen molar-refractivity contribution in [2.24, 2.45) is 0 Å². The van der Waals surface area contributed by atoms with Gasteiger partial charge in [-0.25, -0.2) is 0 Å². The van der Waals surface area contributed by atoms with E-state index < -0.39 is 5.97 Å². The van der Waals surface area contributed by atoms with E-state index in [-0.39, 0.29) is 12.3 Å². The van der Waals surface area contributed by atoms with Crippen molar-refractivity contribution >= 4 is 11.9 Å². The molecule has 1 rings (SSSR count). The maximum atomic E-state index is 11.2. The molecule has 0 fully saturated rings. The van der Waals surface area contributed by atoms with Gasteiger partial charge in [0, 0.05) is 18.9 Å². The lowest BCUT2D eigenvalue weighted by atomic mass is 10.3. The van der Waals surface area contributed by atoms with Gasteiger partial charge in [-0.1, -0.05) is 12.1 Å². The fourth-order valence-corrected chi connectivity index (χ4v) is 1.02. The first-order valence-corrected chi connectivity index (χ1v) is 4.73. The van der Waals surface area contributed by atoms with E-state index in [0.29, 0.717) is 6.54 Å². The van der Waals surface area contributed by atoms with E-state index in [2.05, 4.69) is 10.3 Å². The second-order valence-corrected chi connectivity index (χ2v) is 3.08. The molecule has 0 saturated carbocycles. The number of carbonyl (C=O) groups is 2. The van der Waals surface area contributed by atoms with Crippen LogP contribution in [0.15, 0.2) is 36.7 Å². The first-order valence-electron chi connectivity index (χ1n) is 4.73. The Balaban J connectivity index is 2.30. The van der Waals surface area contributed by atoms with Crippen LogP contribution >= 0.6 is 0 Å². The summed E-state index contributed by atoms with van der Waals surface area (Å²) in [6, 6.07) is 3.62. The topological polar surface area (TPSA) is 79.3 Å². The SMILES string of the molecule is O=C(O)CC=CC(=O)NCc1cccnc1. The Morgan fingerprint density at radius 3 is 2.94 bits per heavy atom. The average molecular weight is 220 g/mol. The van der Waals surface area contributed by atoms with Crippen LogP contribution in [0.4, 0.5) is 0 Å². The largest absolute Gasteiger partial charge is 0.481 e. The second-order valence-electron chi connectivity index (χ2n) is 3.08. The van der Waals surface area contributed by atoms with Gasteiger partial charge in [0.1, 0.15) is 0 Å². The molecule has 0 aliphatic carbocycles. The summed E-state index contributed by atoms with van der Waals surface area (Å²) in [6.07, 6.45) is 5.67. The molecule has 84 valence electrons. The van der Waals surface area contributed by atoms with E-state index in [1.54, 1.807) is 18.5 Å². The predicted octanol–water partition coefficient (Wildman–Crippen LogP) is 0.729. The molecule has 0 aliphatic rings. The third kappa shape index (κ3) is 4.90. The Morgan fingerprint density at radius 2 is 2.31 bits per heavy atom. The van der Waals surface area contributed by atoms with Gasteiger partial charge in [-0.05, 0) is 17.7 Å². The number of amides is 1. The van der Waals surface area contributed by atoms with Gasteiger partial charge >= 0.3 is 5.97 Å². The van der Waals surface area contributed by atoms with Crippen molar-refractivity contribution < 1.29 is 14.7 Å². The predicted molar refractivity (Wildman–Crippen MR) is 57.5 cm³/mol. The van der Waals surface area contributed by atoms with Crippen molar-refractivity contribution in [3.05, 3.63) is 42.2 Å². The number of pyridine rings is 1. The fourth-order valence-electron chi connectivity index (χ4n) is 1.02. The van der Waals surface area contributed by atoms with Crippen LogP contribution in [0.5, 0.6) is 0 Å². The zero-order chi connectivity index (χ0) is 11.8. The Hall–Kier alpha value is -2.17. The Morgan fingerprint density at radius 1 is 1.50 bits per heavy atom. The summed E-state index contributed by atoms with van der Waals surface area (Å²) in [5.41, 5.74) is 0.891. The van der Waals surface area contributed by atoms with Crippen molar-refractivity contribution in [3.63, 3.8) is 0 Å². The number of hydrogen-bond acceptors (Lipinski definition) is 3. The summed E-state index contributed by atoms with van der Waals surface area (Å²) in [7, 11) is 0. The zero-order valence-corrected chi connectivity index (χ0v) is 8.59. The summed E-state index contributed by atoms with van der Waals surface area (Å²) in [5, 5.41) is 11.0. The molecule has 0 spiro atoms. The number of hydrogen-bond donors (Lipinski definition) is 2. The lowest BCUT2D eigenvalue weighted by Crippen LogP contribution is -2.20. The first-order chi connectivity index (χ1) is 7.68. The van der Waals surface area contributed by atoms with Crippen molar-refractivity contribution in [2.75, 3.05) is 0 Å². The number of nitrogens with one attached hydrogen (secondary N) is 1. The van der Waals surface area contributed by atoms with E-state index in [1.165, 1.54) is 12.2 Å². The summed E-state index contributed by atoms with van der Waals surface area (Å²) < 4.78 is 0. The third-order valence-corrected chi connectivity index (χ3v) is 1.75. The third-order valence-electron chi connectivity index (χ3n) is 1.75. The van der Waals surface area contributed by atoms with E-state index in [1.807, 2.05) is 6.07 Å². The molecule has 1 amide bonds. The highest BCUT2D eigenvalue weighted by atomic mass is 16.4. The second kappa shape index (κ2) is 6.34. The molecule has 5 heteroatoms. The monoisotopic (exact) mass is 220 g/mol. The van der Waals surface area contributed by atoms with Crippen LogP contribution in [0, 0.1) is 0 Å². The van der Waals surface area contributed by atoms with Crippen molar-refractivity contribution in [3.8, 4) is 0 Å². The Labute approximate surface area is 92.8 Å². The van der Waals surface area contributed by atoms with Crippen LogP contribution in [0.2, 0.25) is 0 Å². The zero-order valence-electron chi connectivity index (χ0n) is 8.59. The first kappa shape index (κ1) is 11.9. The molecule has 0 unspecified atom stereocenters. The van der Waals surface area contributed by atoms with E-state index >= 15 is 0 Å². The van der Waals surface area contributed by atoms with Crippen LogP contribution in [0.3, 0.4) is 0 Å². The highest BCUT2D eigenvalue weighted by Crippen LogP contribution is 1.94. The Kier molecular flexibility index (Phi) is 4.72. The van der Waals surface area contributed by atoms with Crippen LogP contribution in [0.25, 0.3) is 0 Å². The van der Waals surface area contributed by atoms with Gasteiger partial charge in [0.25, 0.3) is 0 Å². The van der Waals surface area contributed by atoms with E-state index in [4.69, 9.17) is 5.11 Å². The number of nitrogens with zero attached hydrogens (tertiary/aromatic N) is 1. The highest BCUT2D eigenvalue weighted by Gasteiger charge is 1.97. The number of carboxylic acid groups (broad SMARTS) is 1. The fraction of sp³-hybridized carbons (Fsp3) is 0.182. The Bertz CT molecular complexity index is 387. The minimum atomic E-state index is -0.962. The summed E-state index contributed by atoms with van der Waals surface area (Å²) >= 11 is 0. The number of aromatic nitrogens is 1. The molecule has 0 radical (unpaired) electrons. The number of carbonyl (C=O) groups excluding carboxylic acids is 1. The van der Waals surface area contributed by atoms with Crippen LogP contribution < -0.4 is 5.32 Å². The molecular weight excluding hydrogens is 208 g/mol. The minimum Gasteiger partial charge on any atom is -0.481 e. The maximum Gasteiger partial charge on any atom is 0.307 e. The highest BCUT2D eigenvalue weighted by molar-refractivity contribution is 5.88. The molecule has 1 aromatic rings. The van der Waals surface area contributed by atoms with Crippen LogP contribution in [-0.2, 0) is 16.1 Å². The van der Waals surface area contributed by atoms with Crippen molar-refractivity contribution in [1.82, 2.24) is 10.3 Å². The molecular formula is C11H12N2O3. The molecule has 0 aromatic carbocycles. The average Bonchev–Trinajstić information content (AvgIpc) is 2.27. The molecule has 16 heavy (non-hydrogen) atoms. The van der Waals surface area contributed by atoms with E-state index in [9.17, 15) is 9.59 Å². The smallest absolute Gasteiger partial charge is 0.307 e. The number of rotatable bonds is 5. The van der Waals surface area contributed by atoms with Gasteiger partial charge < -0.3 is 10.4 Å². The van der Waals surface area contributed by atoms with Crippen molar-refractivity contribution in [2.45, 2.75) is 13.0 Å². The van der Waals surface area contributed by atoms with Gasteiger partial charge in [-0.3, -0.25) is 14.6 Å². The minimum absolute atomic E-state index is 0.152. The number of carboxylic acids is 1. The summed E-state index contributed by atoms with van der Waals surface area (Å²) in [6.45, 7) is 0.379. The van der Waals surface area contributed by atoms with Gasteiger partial charge in [-0.15, -0.1) is 0 Å². The normalized spacial score (nSPS) is 10.2. The van der Waals surface area contributed by atoms with E-state index in [0.717, 1.165) is 5.56 Å². The lowest BCUT2D eigenvalue weighted by Gasteiger charge is -2.00. The van der Waals surface area contributed by atoms with Gasteiger partial charge in [-0.2, -0.15) is 0 Å². The molecule has 5 nitrogen and oxygen atoms in total. The standard InChI is InChI=1S/C11H12N2O3/c14-10(4-1-5-11(15)16)13-8-9-3-2-6-12-7-9/h1-4,6-7H,5,8H2,(H,13,14)(H,15,16). The summed E-state index contributed by atoms with van der Waals surface area (Å²) in [5.74, 6) is -1.28. The van der Waals surface area contributed by atoms with Crippen LogP contribution in [-0.4, -0.2) is 22.0 Å². The van der Waals surface area contributed by atoms with Gasteiger partial charge in [0.15, 0.2) is 0 Å². The number of aliphatic carboxylic acids is 1. The van der Waals surface area contributed by atoms with Gasteiger partial charge in [0.05, 0.1) is 6.42 Å². The summed E-state index contributed by atoms with van der Waals surface area (Å²) in [4.78, 5) is 25.3. The molecule has 2 N–H and O–H groups in total.